The highest BCUT2D eigenvalue weighted by Gasteiger charge is 2.08. The van der Waals surface area contributed by atoms with Gasteiger partial charge in [-0.1, -0.05) is 41.7 Å². The van der Waals surface area contributed by atoms with E-state index >= 15 is 0 Å². The van der Waals surface area contributed by atoms with Crippen molar-refractivity contribution in [3.05, 3.63) is 63.0 Å². The van der Waals surface area contributed by atoms with E-state index in [9.17, 15) is 19.7 Å². The number of nitrogens with zero attached hydrogens (tertiary/aromatic N) is 2. The molecule has 2 amide bonds. The van der Waals surface area contributed by atoms with Crippen molar-refractivity contribution in [2.75, 3.05) is 6.54 Å². The van der Waals surface area contributed by atoms with E-state index in [0.717, 1.165) is 16.9 Å². The van der Waals surface area contributed by atoms with Crippen LogP contribution in [0.15, 0.2) is 47.6 Å². The lowest BCUT2D eigenvalue weighted by molar-refractivity contribution is -0.380. The summed E-state index contributed by atoms with van der Waals surface area (Å²) in [6, 6.07) is 12.5. The number of rotatable bonds is 8. The molecule has 1 aromatic carbocycles. The summed E-state index contributed by atoms with van der Waals surface area (Å²) in [7, 11) is 0. The first-order valence-electron chi connectivity index (χ1n) is 7.41. The molecule has 0 bridgehead atoms. The van der Waals surface area contributed by atoms with Gasteiger partial charge in [-0.25, -0.2) is 5.43 Å². The maximum atomic E-state index is 11.7. The van der Waals surface area contributed by atoms with E-state index in [4.69, 9.17) is 0 Å². The second-order valence-electron chi connectivity index (χ2n) is 4.99. The van der Waals surface area contributed by atoms with Crippen molar-refractivity contribution in [1.82, 2.24) is 10.7 Å². The number of carbonyl (C=O) groups excluding carboxylic acids is 2. The third-order valence-corrected chi connectivity index (χ3v) is 4.07. The van der Waals surface area contributed by atoms with E-state index in [1.807, 2.05) is 30.3 Å². The van der Waals surface area contributed by atoms with Crippen molar-refractivity contribution < 1.29 is 14.5 Å². The highest BCUT2D eigenvalue weighted by atomic mass is 32.1. The summed E-state index contributed by atoms with van der Waals surface area (Å²) in [4.78, 5) is 33.9. The van der Waals surface area contributed by atoms with Crippen molar-refractivity contribution in [2.24, 2.45) is 5.10 Å². The van der Waals surface area contributed by atoms with E-state index < -0.39 is 10.8 Å². The molecule has 0 aliphatic rings. The summed E-state index contributed by atoms with van der Waals surface area (Å²) < 4.78 is 0. The number of amides is 2. The summed E-state index contributed by atoms with van der Waals surface area (Å²) in [5.41, 5.74) is 3.30. The number of aryl methyl sites for hydroxylation is 1. The maximum absolute atomic E-state index is 11.7. The summed E-state index contributed by atoms with van der Waals surface area (Å²) >= 11 is 0.946. The van der Waals surface area contributed by atoms with Crippen LogP contribution in [0.5, 0.6) is 0 Å². The number of thiophene rings is 1. The molecule has 25 heavy (non-hydrogen) atoms. The minimum atomic E-state index is -0.494. The van der Waals surface area contributed by atoms with Crippen molar-refractivity contribution in [2.45, 2.75) is 12.8 Å². The van der Waals surface area contributed by atoms with Crippen LogP contribution < -0.4 is 10.7 Å². The lowest BCUT2D eigenvalue weighted by atomic mass is 10.1. The van der Waals surface area contributed by atoms with Crippen LogP contribution in [0.3, 0.4) is 0 Å². The average Bonchev–Trinajstić information content (AvgIpc) is 3.08. The van der Waals surface area contributed by atoms with Crippen LogP contribution in [0.1, 0.15) is 16.9 Å². The summed E-state index contributed by atoms with van der Waals surface area (Å²) in [6.45, 7) is -0.185. The Bertz CT molecular complexity index is 773. The highest BCUT2D eigenvalue weighted by molar-refractivity contribution is 7.16. The van der Waals surface area contributed by atoms with Crippen LogP contribution in [0.4, 0.5) is 5.00 Å². The molecule has 2 aromatic rings. The second kappa shape index (κ2) is 9.28. The predicted octanol–water partition coefficient (Wildman–Crippen LogP) is 1.86. The Morgan fingerprint density at radius 3 is 2.60 bits per heavy atom. The average molecular weight is 360 g/mol. The normalized spacial score (nSPS) is 10.6. The number of hydrazone groups is 1. The van der Waals surface area contributed by atoms with Crippen LogP contribution >= 0.6 is 11.3 Å². The minimum absolute atomic E-state index is 0.00143. The zero-order valence-corrected chi connectivity index (χ0v) is 14.0. The van der Waals surface area contributed by atoms with Gasteiger partial charge < -0.3 is 5.32 Å². The number of nitrogens with one attached hydrogen (secondary N) is 2. The zero-order valence-electron chi connectivity index (χ0n) is 13.2. The predicted molar refractivity (Wildman–Crippen MR) is 94.5 cm³/mol. The standard InChI is InChI=1S/C16H16N4O4S/c21-14(8-6-12-4-2-1-3-5-12)17-11-15(22)19-18-10-13-7-9-16(25-13)20(23)24/h1-5,7,9-10H,6,8,11H2,(H,17,21)(H,19,22)/b18-10-. The second-order valence-corrected chi connectivity index (χ2v) is 6.08. The van der Waals surface area contributed by atoms with Crippen molar-refractivity contribution in [1.29, 1.82) is 0 Å². The fraction of sp³-hybridized carbons (Fsp3) is 0.188. The molecular weight excluding hydrogens is 344 g/mol. The molecule has 0 unspecified atom stereocenters. The van der Waals surface area contributed by atoms with Crippen molar-refractivity contribution in [3.63, 3.8) is 0 Å². The van der Waals surface area contributed by atoms with Crippen molar-refractivity contribution >= 4 is 34.4 Å². The van der Waals surface area contributed by atoms with Gasteiger partial charge in [-0.15, -0.1) is 0 Å². The molecule has 2 rings (SSSR count). The Morgan fingerprint density at radius 2 is 1.92 bits per heavy atom. The molecule has 2 N–H and O–H groups in total. The monoisotopic (exact) mass is 360 g/mol. The quantitative estimate of drug-likeness (QED) is 0.425. The molecular formula is C16H16N4O4S. The van der Waals surface area contributed by atoms with Crippen LogP contribution in [0.2, 0.25) is 0 Å². The van der Waals surface area contributed by atoms with Gasteiger partial charge in [-0.05, 0) is 18.1 Å². The van der Waals surface area contributed by atoms with Crippen LogP contribution in [0, 0.1) is 10.1 Å². The van der Waals surface area contributed by atoms with Gasteiger partial charge in [0.25, 0.3) is 5.91 Å². The van der Waals surface area contributed by atoms with E-state index in [0.29, 0.717) is 17.7 Å². The Labute approximate surface area is 147 Å². The van der Waals surface area contributed by atoms with Crippen LogP contribution in [-0.4, -0.2) is 29.5 Å². The molecule has 9 heteroatoms. The Morgan fingerprint density at radius 1 is 1.16 bits per heavy atom. The Balaban J connectivity index is 1.66. The van der Waals surface area contributed by atoms with Gasteiger partial charge in [-0.2, -0.15) is 5.10 Å². The van der Waals surface area contributed by atoms with Gasteiger partial charge >= 0.3 is 5.00 Å². The number of hydrogen-bond donors (Lipinski definition) is 2. The molecule has 1 heterocycles. The van der Waals surface area contributed by atoms with E-state index in [1.54, 1.807) is 0 Å². The SMILES string of the molecule is O=C(CCc1ccccc1)NCC(=O)N/N=C\c1ccc([N+](=O)[O-])s1. The molecule has 0 saturated heterocycles. The molecule has 0 atom stereocenters. The van der Waals surface area contributed by atoms with Gasteiger partial charge in [0.2, 0.25) is 5.91 Å². The van der Waals surface area contributed by atoms with E-state index in [-0.39, 0.29) is 17.5 Å². The summed E-state index contributed by atoms with van der Waals surface area (Å²) in [5, 5.41) is 16.8. The van der Waals surface area contributed by atoms with Crippen molar-refractivity contribution in [3.8, 4) is 0 Å². The molecule has 0 aliphatic heterocycles. The van der Waals surface area contributed by atoms with Gasteiger partial charge in [0.1, 0.15) is 0 Å². The molecule has 0 fully saturated rings. The van der Waals surface area contributed by atoms with Gasteiger partial charge in [0.15, 0.2) is 0 Å². The summed E-state index contributed by atoms with van der Waals surface area (Å²) in [5.74, 6) is -0.702. The first-order valence-corrected chi connectivity index (χ1v) is 8.23. The molecule has 0 aliphatic carbocycles. The van der Waals surface area contributed by atoms with Gasteiger partial charge in [-0.3, -0.25) is 19.7 Å². The summed E-state index contributed by atoms with van der Waals surface area (Å²) in [6.07, 6.45) is 2.20. The smallest absolute Gasteiger partial charge is 0.324 e. The fourth-order valence-corrected chi connectivity index (χ4v) is 2.58. The molecule has 0 saturated carbocycles. The van der Waals surface area contributed by atoms with Gasteiger partial charge in [0.05, 0.1) is 22.6 Å². The highest BCUT2D eigenvalue weighted by Crippen LogP contribution is 2.22. The molecule has 8 nitrogen and oxygen atoms in total. The Hall–Kier alpha value is -3.07. The largest absolute Gasteiger partial charge is 0.347 e. The number of hydrogen-bond acceptors (Lipinski definition) is 6. The lowest BCUT2D eigenvalue weighted by Gasteiger charge is -2.04. The Kier molecular flexibility index (Phi) is 6.78. The first kappa shape index (κ1) is 18.3. The number of carbonyl (C=O) groups is 2. The minimum Gasteiger partial charge on any atom is -0.347 e. The van der Waals surface area contributed by atoms with Crippen LogP contribution in [-0.2, 0) is 16.0 Å². The van der Waals surface area contributed by atoms with E-state index in [1.165, 1.54) is 18.3 Å². The lowest BCUT2D eigenvalue weighted by Crippen LogP contribution is -2.35. The molecule has 1 aromatic heterocycles. The first-order chi connectivity index (χ1) is 12.0. The molecule has 130 valence electrons. The number of nitro groups is 1. The third kappa shape index (κ3) is 6.51. The molecule has 0 spiro atoms. The number of benzene rings is 1. The maximum Gasteiger partial charge on any atom is 0.324 e. The van der Waals surface area contributed by atoms with Gasteiger partial charge in [0, 0.05) is 12.5 Å². The molecule has 0 radical (unpaired) electrons. The third-order valence-electron chi connectivity index (χ3n) is 3.10. The van der Waals surface area contributed by atoms with E-state index in [2.05, 4.69) is 15.8 Å². The fourth-order valence-electron chi connectivity index (χ4n) is 1.89. The van der Waals surface area contributed by atoms with Crippen LogP contribution in [0.25, 0.3) is 0 Å². The topological polar surface area (TPSA) is 114 Å². The zero-order chi connectivity index (χ0) is 18.1.